The molecule has 0 aliphatic rings. The fraction of sp³-hybridized carbons (Fsp3) is 0.222. The standard InChI is InChI=1S/C18H16ClF3N2O2S/c1-11-3-2-4-13(7-11)23-16(25)9-27-10-17(26)24-15-8-12(18(20,21)22)5-6-14(15)19/h2-8H,9-10H2,1H3,(H,23,25)(H,24,26). The highest BCUT2D eigenvalue weighted by Crippen LogP contribution is 2.33. The maximum absolute atomic E-state index is 12.7. The third-order valence-corrected chi connectivity index (χ3v) is 4.60. The predicted molar refractivity (Wildman–Crippen MR) is 102 cm³/mol. The van der Waals surface area contributed by atoms with Crippen molar-refractivity contribution in [1.29, 1.82) is 0 Å². The Labute approximate surface area is 163 Å². The largest absolute Gasteiger partial charge is 0.416 e. The number of benzene rings is 2. The van der Waals surface area contributed by atoms with Crippen molar-refractivity contribution in [3.63, 3.8) is 0 Å². The fourth-order valence-electron chi connectivity index (χ4n) is 2.14. The Morgan fingerprint density at radius 1 is 1.04 bits per heavy atom. The maximum atomic E-state index is 12.7. The molecule has 9 heteroatoms. The Kier molecular flexibility index (Phi) is 7.15. The van der Waals surface area contributed by atoms with Crippen LogP contribution in [0.4, 0.5) is 24.5 Å². The molecule has 0 aromatic heterocycles. The van der Waals surface area contributed by atoms with Crippen LogP contribution in [0.15, 0.2) is 42.5 Å². The van der Waals surface area contributed by atoms with Crippen molar-refractivity contribution in [2.24, 2.45) is 0 Å². The van der Waals surface area contributed by atoms with Crippen LogP contribution in [0.5, 0.6) is 0 Å². The van der Waals surface area contributed by atoms with E-state index in [1.807, 2.05) is 25.1 Å². The molecule has 0 fully saturated rings. The zero-order valence-corrected chi connectivity index (χ0v) is 15.8. The first-order chi connectivity index (χ1) is 12.6. The second kappa shape index (κ2) is 9.14. The SMILES string of the molecule is Cc1cccc(NC(=O)CSCC(=O)Nc2cc(C(F)(F)F)ccc2Cl)c1. The van der Waals surface area contributed by atoms with Gasteiger partial charge in [0.15, 0.2) is 0 Å². The number of carbonyl (C=O) groups excluding carboxylic acids is 2. The monoisotopic (exact) mass is 416 g/mol. The smallest absolute Gasteiger partial charge is 0.325 e. The highest BCUT2D eigenvalue weighted by molar-refractivity contribution is 8.00. The van der Waals surface area contributed by atoms with Crippen molar-refractivity contribution >= 4 is 46.6 Å². The zero-order valence-electron chi connectivity index (χ0n) is 14.2. The van der Waals surface area contributed by atoms with Gasteiger partial charge in [-0.2, -0.15) is 13.2 Å². The molecule has 0 saturated heterocycles. The number of halogens is 4. The summed E-state index contributed by atoms with van der Waals surface area (Å²) in [6, 6.07) is 9.95. The molecule has 2 N–H and O–H groups in total. The molecule has 0 atom stereocenters. The first kappa shape index (κ1) is 21.1. The number of hydrogen-bond acceptors (Lipinski definition) is 3. The van der Waals surface area contributed by atoms with E-state index in [9.17, 15) is 22.8 Å². The van der Waals surface area contributed by atoms with E-state index >= 15 is 0 Å². The minimum Gasteiger partial charge on any atom is -0.325 e. The molecular weight excluding hydrogens is 401 g/mol. The van der Waals surface area contributed by atoms with Crippen molar-refractivity contribution in [1.82, 2.24) is 0 Å². The van der Waals surface area contributed by atoms with Crippen LogP contribution in [0.25, 0.3) is 0 Å². The number of nitrogens with one attached hydrogen (secondary N) is 2. The fourth-order valence-corrected chi connectivity index (χ4v) is 2.92. The third kappa shape index (κ3) is 6.80. The number of thioether (sulfide) groups is 1. The van der Waals surface area contributed by atoms with E-state index in [0.717, 1.165) is 35.5 Å². The summed E-state index contributed by atoms with van der Waals surface area (Å²) in [7, 11) is 0. The van der Waals surface area contributed by atoms with Gasteiger partial charge in [0.05, 0.1) is 27.8 Å². The zero-order chi connectivity index (χ0) is 20.0. The number of alkyl halides is 3. The lowest BCUT2D eigenvalue weighted by molar-refractivity contribution is -0.137. The molecule has 0 aliphatic carbocycles. The average Bonchev–Trinajstić information content (AvgIpc) is 2.55. The van der Waals surface area contributed by atoms with Gasteiger partial charge in [0.1, 0.15) is 0 Å². The van der Waals surface area contributed by atoms with Gasteiger partial charge in [-0.15, -0.1) is 11.8 Å². The average molecular weight is 417 g/mol. The second-order valence-corrected chi connectivity index (χ2v) is 7.04. The molecule has 2 rings (SSSR count). The molecule has 27 heavy (non-hydrogen) atoms. The van der Waals surface area contributed by atoms with Crippen LogP contribution in [0.3, 0.4) is 0 Å². The molecule has 0 heterocycles. The Balaban J connectivity index is 1.83. The summed E-state index contributed by atoms with van der Waals surface area (Å²) < 4.78 is 38.2. The minimum atomic E-state index is -4.54. The maximum Gasteiger partial charge on any atom is 0.416 e. The molecule has 2 aromatic carbocycles. The summed E-state index contributed by atoms with van der Waals surface area (Å²) in [5.41, 5.74) is 0.618. The van der Waals surface area contributed by atoms with Gasteiger partial charge in [0.25, 0.3) is 0 Å². The number of rotatable bonds is 6. The van der Waals surface area contributed by atoms with Crippen molar-refractivity contribution in [3.8, 4) is 0 Å². The van der Waals surface area contributed by atoms with Crippen molar-refractivity contribution in [3.05, 3.63) is 58.6 Å². The molecule has 0 saturated carbocycles. The molecule has 0 spiro atoms. The van der Waals surface area contributed by atoms with E-state index in [1.165, 1.54) is 0 Å². The van der Waals surface area contributed by atoms with Crippen molar-refractivity contribution in [2.75, 3.05) is 22.1 Å². The molecule has 0 unspecified atom stereocenters. The van der Waals surface area contributed by atoms with E-state index in [1.54, 1.807) is 6.07 Å². The quantitative estimate of drug-likeness (QED) is 0.698. The van der Waals surface area contributed by atoms with Gasteiger partial charge in [0.2, 0.25) is 11.8 Å². The third-order valence-electron chi connectivity index (χ3n) is 3.34. The van der Waals surface area contributed by atoms with Crippen LogP contribution in [0.2, 0.25) is 5.02 Å². The topological polar surface area (TPSA) is 58.2 Å². The number of hydrogen-bond donors (Lipinski definition) is 2. The number of carbonyl (C=O) groups is 2. The van der Waals surface area contributed by atoms with Gasteiger partial charge in [-0.05, 0) is 42.8 Å². The summed E-state index contributed by atoms with van der Waals surface area (Å²) in [5, 5.41) is 5.03. The lowest BCUT2D eigenvalue weighted by Gasteiger charge is -2.11. The highest BCUT2D eigenvalue weighted by atomic mass is 35.5. The minimum absolute atomic E-state index is 0.00135. The second-order valence-electron chi connectivity index (χ2n) is 5.65. The van der Waals surface area contributed by atoms with Crippen LogP contribution >= 0.6 is 23.4 Å². The molecule has 0 bridgehead atoms. The number of aryl methyl sites for hydroxylation is 1. The van der Waals surface area contributed by atoms with Gasteiger partial charge >= 0.3 is 6.18 Å². The molecule has 0 aliphatic heterocycles. The summed E-state index contributed by atoms with van der Waals surface area (Å²) in [4.78, 5) is 23.8. The lowest BCUT2D eigenvalue weighted by Crippen LogP contribution is -2.19. The van der Waals surface area contributed by atoms with Crippen LogP contribution in [-0.4, -0.2) is 23.3 Å². The summed E-state index contributed by atoms with van der Waals surface area (Å²) in [5.74, 6) is -0.911. The lowest BCUT2D eigenvalue weighted by atomic mass is 10.2. The van der Waals surface area contributed by atoms with E-state index in [0.29, 0.717) is 5.69 Å². The van der Waals surface area contributed by atoms with Gasteiger partial charge in [-0.1, -0.05) is 23.7 Å². The van der Waals surface area contributed by atoms with E-state index in [2.05, 4.69) is 10.6 Å². The van der Waals surface area contributed by atoms with Crippen molar-refractivity contribution < 1.29 is 22.8 Å². The Bertz CT molecular complexity index is 844. The van der Waals surface area contributed by atoms with Gasteiger partial charge in [-0.25, -0.2) is 0 Å². The first-order valence-corrected chi connectivity index (χ1v) is 9.29. The van der Waals surface area contributed by atoms with E-state index < -0.39 is 17.6 Å². The molecular formula is C18H16ClF3N2O2S. The van der Waals surface area contributed by atoms with Crippen LogP contribution in [-0.2, 0) is 15.8 Å². The molecule has 2 amide bonds. The Hall–Kier alpha value is -2.19. The van der Waals surface area contributed by atoms with E-state index in [-0.39, 0.29) is 28.1 Å². The number of anilines is 2. The molecule has 144 valence electrons. The molecule has 4 nitrogen and oxygen atoms in total. The predicted octanol–water partition coefficient (Wildman–Crippen LogP) is 4.98. The Morgan fingerprint density at radius 3 is 2.33 bits per heavy atom. The van der Waals surface area contributed by atoms with E-state index in [4.69, 9.17) is 11.6 Å². The summed E-state index contributed by atoms with van der Waals surface area (Å²) in [6.45, 7) is 1.90. The summed E-state index contributed by atoms with van der Waals surface area (Å²) >= 11 is 6.86. The van der Waals surface area contributed by atoms with Crippen LogP contribution in [0.1, 0.15) is 11.1 Å². The van der Waals surface area contributed by atoms with Gasteiger partial charge < -0.3 is 10.6 Å². The van der Waals surface area contributed by atoms with Gasteiger partial charge in [0, 0.05) is 5.69 Å². The van der Waals surface area contributed by atoms with Gasteiger partial charge in [-0.3, -0.25) is 9.59 Å². The molecule has 2 aromatic rings. The van der Waals surface area contributed by atoms with Crippen LogP contribution < -0.4 is 10.6 Å². The highest BCUT2D eigenvalue weighted by Gasteiger charge is 2.31. The first-order valence-electron chi connectivity index (χ1n) is 7.76. The molecule has 0 radical (unpaired) electrons. The normalized spacial score (nSPS) is 11.1. The summed E-state index contributed by atoms with van der Waals surface area (Å²) in [6.07, 6.45) is -4.54. The van der Waals surface area contributed by atoms with Crippen molar-refractivity contribution in [2.45, 2.75) is 13.1 Å². The number of amides is 2. The van der Waals surface area contributed by atoms with Crippen LogP contribution in [0, 0.1) is 6.92 Å². The Morgan fingerprint density at radius 2 is 1.70 bits per heavy atom.